The summed E-state index contributed by atoms with van der Waals surface area (Å²) >= 11 is 0. The fourth-order valence-electron chi connectivity index (χ4n) is 1.15. The van der Waals surface area contributed by atoms with Gasteiger partial charge in [0.2, 0.25) is 0 Å². The largest absolute Gasteiger partial charge is 0.259 e. The molecule has 0 aliphatic heterocycles. The highest BCUT2D eigenvalue weighted by molar-refractivity contribution is 5.55. The number of aromatic nitrogens is 3. The molecule has 1 heterocycles. The van der Waals surface area contributed by atoms with E-state index in [0.29, 0.717) is 11.4 Å². The molecule has 0 saturated heterocycles. The summed E-state index contributed by atoms with van der Waals surface area (Å²) in [6.45, 7) is 5.84. The lowest BCUT2D eigenvalue weighted by molar-refractivity contribution is 0.629. The molecule has 80 valence electrons. The highest BCUT2D eigenvalue weighted by atomic mass is 19.1. The molecular weight excluding hydrogens is 193 g/mol. The minimum atomic E-state index is -0.281. The maximum absolute atomic E-state index is 13.3. The van der Waals surface area contributed by atoms with E-state index in [-0.39, 0.29) is 5.82 Å². The van der Waals surface area contributed by atoms with E-state index >= 15 is 0 Å². The molecule has 1 aromatic heterocycles. The van der Waals surface area contributed by atoms with Crippen molar-refractivity contribution in [2.45, 2.75) is 20.8 Å². The van der Waals surface area contributed by atoms with Gasteiger partial charge < -0.3 is 0 Å². The van der Waals surface area contributed by atoms with Crippen LogP contribution in [0, 0.1) is 12.7 Å². The Balaban J connectivity index is 0.000000531. The lowest BCUT2D eigenvalue weighted by Crippen LogP contribution is -1.87. The molecule has 0 aliphatic rings. The average molecular weight is 207 g/mol. The van der Waals surface area contributed by atoms with Crippen LogP contribution >= 0.6 is 0 Å². The summed E-state index contributed by atoms with van der Waals surface area (Å²) in [5.41, 5.74) is 1.34. The molecule has 0 amide bonds. The number of nitrogens with zero attached hydrogens (tertiary/aromatic N) is 2. The molecule has 0 aliphatic carbocycles. The number of rotatable bonds is 1. The summed E-state index contributed by atoms with van der Waals surface area (Å²) in [7, 11) is 0. The second kappa shape index (κ2) is 5.24. The fourth-order valence-corrected chi connectivity index (χ4v) is 1.15. The lowest BCUT2D eigenvalue weighted by Gasteiger charge is -1.99. The first kappa shape index (κ1) is 11.4. The van der Waals surface area contributed by atoms with Gasteiger partial charge in [-0.15, -0.1) is 0 Å². The van der Waals surface area contributed by atoms with Crippen LogP contribution in [0.15, 0.2) is 24.5 Å². The molecule has 3 nitrogen and oxygen atoms in total. The summed E-state index contributed by atoms with van der Waals surface area (Å²) in [6, 6.07) is 4.99. The first-order valence-electron chi connectivity index (χ1n) is 4.89. The van der Waals surface area contributed by atoms with Crippen molar-refractivity contribution in [3.8, 4) is 11.4 Å². The Labute approximate surface area is 88.4 Å². The minimum Gasteiger partial charge on any atom is -0.259 e. The van der Waals surface area contributed by atoms with Crippen molar-refractivity contribution in [3.05, 3.63) is 35.9 Å². The summed E-state index contributed by atoms with van der Waals surface area (Å²) < 4.78 is 13.3. The highest BCUT2D eigenvalue weighted by Crippen LogP contribution is 2.18. The van der Waals surface area contributed by atoms with Crippen molar-refractivity contribution >= 4 is 0 Å². The van der Waals surface area contributed by atoms with Gasteiger partial charge in [0.25, 0.3) is 0 Å². The van der Waals surface area contributed by atoms with E-state index in [1.807, 2.05) is 26.8 Å². The molecule has 1 aromatic carbocycles. The number of hydrogen-bond acceptors (Lipinski definition) is 2. The zero-order valence-corrected chi connectivity index (χ0v) is 9.08. The predicted molar refractivity (Wildman–Crippen MR) is 57.9 cm³/mol. The zero-order chi connectivity index (χ0) is 11.3. The van der Waals surface area contributed by atoms with Crippen LogP contribution in [0.1, 0.15) is 19.4 Å². The van der Waals surface area contributed by atoms with Crippen molar-refractivity contribution in [2.75, 3.05) is 0 Å². The fraction of sp³-hybridized carbons (Fsp3) is 0.273. The summed E-state index contributed by atoms with van der Waals surface area (Å²) in [6.07, 6.45) is 1.36. The van der Waals surface area contributed by atoms with Crippen molar-refractivity contribution in [1.29, 1.82) is 0 Å². The maximum Gasteiger partial charge on any atom is 0.158 e. The average Bonchev–Trinajstić information content (AvgIpc) is 2.74. The van der Waals surface area contributed by atoms with E-state index in [2.05, 4.69) is 15.2 Å². The van der Waals surface area contributed by atoms with Gasteiger partial charge in [-0.25, -0.2) is 9.37 Å². The van der Waals surface area contributed by atoms with E-state index in [1.54, 1.807) is 6.07 Å². The van der Waals surface area contributed by atoms with Crippen LogP contribution < -0.4 is 0 Å². The van der Waals surface area contributed by atoms with Crippen molar-refractivity contribution < 1.29 is 4.39 Å². The van der Waals surface area contributed by atoms with Gasteiger partial charge in [0.1, 0.15) is 12.1 Å². The Morgan fingerprint density at radius 1 is 1.27 bits per heavy atom. The Bertz CT molecular complexity index is 410. The van der Waals surface area contributed by atoms with Crippen LogP contribution in [-0.4, -0.2) is 15.2 Å². The topological polar surface area (TPSA) is 41.6 Å². The van der Waals surface area contributed by atoms with Gasteiger partial charge in [0, 0.05) is 0 Å². The van der Waals surface area contributed by atoms with Crippen molar-refractivity contribution in [2.24, 2.45) is 0 Å². The molecule has 0 atom stereocenters. The predicted octanol–water partition coefficient (Wildman–Crippen LogP) is 2.95. The highest BCUT2D eigenvalue weighted by Gasteiger charge is 2.06. The molecule has 0 fully saturated rings. The third-order valence-corrected chi connectivity index (χ3v) is 1.79. The summed E-state index contributed by atoms with van der Waals surface area (Å²) in [4.78, 5) is 3.87. The summed E-state index contributed by atoms with van der Waals surface area (Å²) in [5.74, 6) is 0.175. The number of H-pyrrole nitrogens is 1. The Morgan fingerprint density at radius 3 is 2.53 bits per heavy atom. The van der Waals surface area contributed by atoms with Crippen LogP contribution in [0.3, 0.4) is 0 Å². The van der Waals surface area contributed by atoms with E-state index < -0.39 is 0 Å². The first-order chi connectivity index (χ1) is 7.27. The van der Waals surface area contributed by atoms with Gasteiger partial charge in [-0.3, -0.25) is 5.10 Å². The second-order valence-electron chi connectivity index (χ2n) is 2.82. The van der Waals surface area contributed by atoms with E-state index in [0.717, 1.165) is 5.56 Å². The van der Waals surface area contributed by atoms with Crippen LogP contribution in [0.25, 0.3) is 11.4 Å². The van der Waals surface area contributed by atoms with Gasteiger partial charge in [-0.1, -0.05) is 19.9 Å². The molecule has 1 N–H and O–H groups in total. The van der Waals surface area contributed by atoms with Gasteiger partial charge in [0.05, 0.1) is 5.56 Å². The molecule has 0 saturated carbocycles. The monoisotopic (exact) mass is 207 g/mol. The second-order valence-corrected chi connectivity index (χ2v) is 2.82. The van der Waals surface area contributed by atoms with Crippen LogP contribution in [0.4, 0.5) is 4.39 Å². The van der Waals surface area contributed by atoms with Crippen LogP contribution in [0.5, 0.6) is 0 Å². The zero-order valence-electron chi connectivity index (χ0n) is 9.08. The third kappa shape index (κ3) is 2.62. The molecule has 2 aromatic rings. The van der Waals surface area contributed by atoms with Crippen molar-refractivity contribution in [3.63, 3.8) is 0 Å². The number of nitrogens with one attached hydrogen (secondary N) is 1. The number of benzene rings is 1. The quantitative estimate of drug-likeness (QED) is 0.781. The Kier molecular flexibility index (Phi) is 3.97. The van der Waals surface area contributed by atoms with E-state index in [1.165, 1.54) is 12.4 Å². The number of hydrogen-bond donors (Lipinski definition) is 1. The van der Waals surface area contributed by atoms with Gasteiger partial charge >= 0.3 is 0 Å². The SMILES string of the molecule is CC.Cc1ccc(-c2ncn[nH]2)c(F)c1. The molecular formula is C11H14FN3. The van der Waals surface area contributed by atoms with Crippen molar-refractivity contribution in [1.82, 2.24) is 15.2 Å². The molecule has 0 spiro atoms. The number of aromatic amines is 1. The van der Waals surface area contributed by atoms with Gasteiger partial charge in [0.15, 0.2) is 5.82 Å². The molecule has 0 radical (unpaired) electrons. The smallest absolute Gasteiger partial charge is 0.158 e. The van der Waals surface area contributed by atoms with E-state index in [4.69, 9.17) is 0 Å². The molecule has 0 unspecified atom stereocenters. The number of halogens is 1. The number of aryl methyl sites for hydroxylation is 1. The maximum atomic E-state index is 13.3. The summed E-state index contributed by atoms with van der Waals surface area (Å²) in [5, 5.41) is 6.27. The normalized spacial score (nSPS) is 9.33. The molecule has 15 heavy (non-hydrogen) atoms. The lowest BCUT2D eigenvalue weighted by atomic mass is 10.1. The Hall–Kier alpha value is -1.71. The first-order valence-corrected chi connectivity index (χ1v) is 4.89. The van der Waals surface area contributed by atoms with Gasteiger partial charge in [-0.2, -0.15) is 5.10 Å². The minimum absolute atomic E-state index is 0.281. The van der Waals surface area contributed by atoms with E-state index in [9.17, 15) is 4.39 Å². The van der Waals surface area contributed by atoms with Gasteiger partial charge in [-0.05, 0) is 24.6 Å². The third-order valence-electron chi connectivity index (χ3n) is 1.79. The van der Waals surface area contributed by atoms with Crippen LogP contribution in [-0.2, 0) is 0 Å². The Morgan fingerprint density at radius 2 is 2.00 bits per heavy atom. The molecule has 2 rings (SSSR count). The standard InChI is InChI=1S/C9H8FN3.C2H6/c1-6-2-3-7(8(10)4-6)9-11-5-12-13-9;1-2/h2-5H,1H3,(H,11,12,13);1-2H3. The van der Waals surface area contributed by atoms with Crippen LogP contribution in [0.2, 0.25) is 0 Å². The molecule has 4 heteroatoms. The molecule has 0 bridgehead atoms.